The number of imide groups is 2. The summed E-state index contributed by atoms with van der Waals surface area (Å²) >= 11 is 0. The van der Waals surface area contributed by atoms with E-state index in [0.717, 1.165) is 24.8 Å². The van der Waals surface area contributed by atoms with E-state index in [2.05, 4.69) is 17.4 Å². The largest absolute Gasteiger partial charge is 0.381 e. The Balaban J connectivity index is 0.00000240. The van der Waals surface area contributed by atoms with Gasteiger partial charge in [-0.15, -0.1) is 12.4 Å². The Kier molecular flexibility index (Phi) is 6.61. The van der Waals surface area contributed by atoms with Crippen LogP contribution in [0.4, 0.5) is 4.79 Å². The fraction of sp³-hybridized carbons (Fsp3) is 0.571. The van der Waals surface area contributed by atoms with Crippen molar-refractivity contribution in [3.63, 3.8) is 0 Å². The molecular weight excluding hydrogens is 394 g/mol. The molecule has 3 N–H and O–H groups in total. The van der Waals surface area contributed by atoms with E-state index >= 15 is 0 Å². The number of hydrogen-bond donors (Lipinski definition) is 2. The van der Waals surface area contributed by atoms with Crippen molar-refractivity contribution >= 4 is 30.3 Å². The number of nitrogens with two attached hydrogens (primary N) is 1. The Labute approximate surface area is 176 Å². The zero-order valence-corrected chi connectivity index (χ0v) is 17.2. The van der Waals surface area contributed by atoms with Crippen LogP contribution in [-0.4, -0.2) is 42.0 Å². The molecule has 8 heteroatoms. The number of barbiturate groups is 1. The van der Waals surface area contributed by atoms with Crippen LogP contribution in [0.1, 0.15) is 49.7 Å². The molecule has 2 fully saturated rings. The molecular formula is C21H28ClN3O4. The molecule has 0 aromatic heterocycles. The van der Waals surface area contributed by atoms with Gasteiger partial charge in [0.2, 0.25) is 11.8 Å². The number of halogens is 1. The molecule has 2 saturated heterocycles. The maximum absolute atomic E-state index is 13.0. The fourth-order valence-corrected chi connectivity index (χ4v) is 4.79. The highest BCUT2D eigenvalue weighted by Crippen LogP contribution is 2.38. The van der Waals surface area contributed by atoms with Crippen LogP contribution in [-0.2, 0) is 26.3 Å². The molecule has 158 valence electrons. The maximum atomic E-state index is 13.0. The van der Waals surface area contributed by atoms with Crippen molar-refractivity contribution in [1.82, 2.24) is 10.2 Å². The lowest BCUT2D eigenvalue weighted by Gasteiger charge is -2.39. The molecule has 2 atom stereocenters. The molecule has 0 spiro atoms. The Morgan fingerprint density at radius 2 is 1.90 bits per heavy atom. The number of urea groups is 1. The number of benzene rings is 1. The van der Waals surface area contributed by atoms with Gasteiger partial charge >= 0.3 is 6.03 Å². The second-order valence-electron chi connectivity index (χ2n) is 8.10. The molecule has 4 amide bonds. The van der Waals surface area contributed by atoms with Gasteiger partial charge in [-0.25, -0.2) is 4.79 Å². The second kappa shape index (κ2) is 8.81. The Bertz CT molecular complexity index is 796. The first-order chi connectivity index (χ1) is 13.5. The van der Waals surface area contributed by atoms with Gasteiger partial charge < -0.3 is 10.5 Å². The Hall–Kier alpha value is -1.96. The van der Waals surface area contributed by atoms with Crippen LogP contribution in [0, 0.1) is 5.92 Å². The molecule has 7 nitrogen and oxygen atoms in total. The summed E-state index contributed by atoms with van der Waals surface area (Å²) in [5.74, 6) is -1.77. The summed E-state index contributed by atoms with van der Waals surface area (Å²) in [6.07, 6.45) is 4.90. The summed E-state index contributed by atoms with van der Waals surface area (Å²) in [6.45, 7) is 1.03. The van der Waals surface area contributed by atoms with Crippen molar-refractivity contribution in [3.8, 4) is 0 Å². The van der Waals surface area contributed by atoms with E-state index in [4.69, 9.17) is 10.5 Å². The van der Waals surface area contributed by atoms with Crippen molar-refractivity contribution in [2.45, 2.75) is 56.5 Å². The molecule has 29 heavy (non-hydrogen) atoms. The molecule has 1 aromatic rings. The summed E-state index contributed by atoms with van der Waals surface area (Å²) in [5, 5.41) is 2.37. The van der Waals surface area contributed by atoms with E-state index < -0.39 is 29.3 Å². The van der Waals surface area contributed by atoms with Gasteiger partial charge in [0.05, 0.1) is 0 Å². The number of amides is 4. The fourth-order valence-electron chi connectivity index (χ4n) is 4.79. The minimum atomic E-state index is -0.866. The highest BCUT2D eigenvalue weighted by atomic mass is 35.5. The number of fused-ring (bicyclic) bond motifs is 1. The van der Waals surface area contributed by atoms with Gasteiger partial charge in [0, 0.05) is 24.8 Å². The van der Waals surface area contributed by atoms with Crippen LogP contribution >= 0.6 is 12.4 Å². The van der Waals surface area contributed by atoms with E-state index in [1.807, 2.05) is 12.1 Å². The van der Waals surface area contributed by atoms with Gasteiger partial charge in [-0.3, -0.25) is 19.8 Å². The lowest BCUT2D eigenvalue weighted by atomic mass is 9.73. The number of carbonyl (C=O) groups is 3. The molecule has 1 unspecified atom stereocenters. The third-order valence-electron chi connectivity index (χ3n) is 6.36. The van der Waals surface area contributed by atoms with Crippen LogP contribution in [0.15, 0.2) is 24.3 Å². The van der Waals surface area contributed by atoms with Crippen LogP contribution in [0.25, 0.3) is 0 Å². The van der Waals surface area contributed by atoms with Gasteiger partial charge in [0.1, 0.15) is 5.92 Å². The van der Waals surface area contributed by atoms with Gasteiger partial charge in [-0.05, 0) is 56.1 Å². The SMILES string of the molecule is Cl.N[C@@]1(CCC2C(=O)NC(=O)N(C3CCOCC3)C2=O)CCCc2ccccc21. The summed E-state index contributed by atoms with van der Waals surface area (Å²) in [5.41, 5.74) is 8.56. The number of nitrogens with zero attached hydrogens (tertiary/aromatic N) is 1. The maximum Gasteiger partial charge on any atom is 0.331 e. The average Bonchev–Trinajstić information content (AvgIpc) is 2.69. The first kappa shape index (κ1) is 21.7. The topological polar surface area (TPSA) is 102 Å². The predicted octanol–water partition coefficient (Wildman–Crippen LogP) is 2.25. The van der Waals surface area contributed by atoms with E-state index in [0.29, 0.717) is 38.9 Å². The van der Waals surface area contributed by atoms with E-state index in [1.54, 1.807) is 0 Å². The number of rotatable bonds is 4. The number of carbonyl (C=O) groups excluding carboxylic acids is 3. The molecule has 0 saturated carbocycles. The van der Waals surface area contributed by atoms with Crippen molar-refractivity contribution in [3.05, 3.63) is 35.4 Å². The van der Waals surface area contributed by atoms with Gasteiger partial charge in [0.15, 0.2) is 0 Å². The molecule has 4 rings (SSSR count). The second-order valence-corrected chi connectivity index (χ2v) is 8.10. The van der Waals surface area contributed by atoms with Crippen molar-refractivity contribution in [2.75, 3.05) is 13.2 Å². The molecule has 1 aliphatic carbocycles. The zero-order valence-electron chi connectivity index (χ0n) is 16.4. The third kappa shape index (κ3) is 4.17. The number of hydrogen-bond acceptors (Lipinski definition) is 5. The number of ether oxygens (including phenoxy) is 1. The summed E-state index contributed by atoms with van der Waals surface area (Å²) in [6, 6.07) is 7.33. The van der Waals surface area contributed by atoms with Gasteiger partial charge in [-0.2, -0.15) is 0 Å². The molecule has 2 heterocycles. The van der Waals surface area contributed by atoms with Crippen LogP contribution < -0.4 is 11.1 Å². The van der Waals surface area contributed by atoms with Crippen LogP contribution in [0.5, 0.6) is 0 Å². The summed E-state index contributed by atoms with van der Waals surface area (Å²) < 4.78 is 5.33. The first-order valence-electron chi connectivity index (χ1n) is 10.1. The minimum absolute atomic E-state index is 0. The zero-order chi connectivity index (χ0) is 19.7. The highest BCUT2D eigenvalue weighted by Gasteiger charge is 2.45. The van der Waals surface area contributed by atoms with E-state index in [1.165, 1.54) is 10.5 Å². The molecule has 0 bridgehead atoms. The predicted molar refractivity (Wildman–Crippen MR) is 109 cm³/mol. The number of aryl methyl sites for hydroxylation is 1. The number of nitrogens with one attached hydrogen (secondary N) is 1. The van der Waals surface area contributed by atoms with Crippen molar-refractivity contribution in [2.24, 2.45) is 11.7 Å². The highest BCUT2D eigenvalue weighted by molar-refractivity contribution is 6.16. The third-order valence-corrected chi connectivity index (χ3v) is 6.36. The molecule has 2 aliphatic heterocycles. The first-order valence-corrected chi connectivity index (χ1v) is 10.1. The normalized spacial score (nSPS) is 27.8. The Morgan fingerprint density at radius 3 is 2.66 bits per heavy atom. The van der Waals surface area contributed by atoms with Crippen molar-refractivity contribution in [1.29, 1.82) is 0 Å². The average molecular weight is 422 g/mol. The van der Waals surface area contributed by atoms with Crippen LogP contribution in [0.3, 0.4) is 0 Å². The standard InChI is InChI=1S/C21H27N3O4.ClH/c22-21(10-3-5-14-4-1-2-6-17(14)21)11-7-16-18(25)23-20(27)24(19(16)26)15-8-12-28-13-9-15;/h1-2,4,6,15-16H,3,5,7-13,22H2,(H,23,25,27);1H/t16?,21-;/m1./s1. The lowest BCUT2D eigenvalue weighted by molar-refractivity contribution is -0.145. The van der Waals surface area contributed by atoms with Crippen molar-refractivity contribution < 1.29 is 19.1 Å². The Morgan fingerprint density at radius 1 is 1.17 bits per heavy atom. The monoisotopic (exact) mass is 421 g/mol. The summed E-state index contributed by atoms with van der Waals surface area (Å²) in [7, 11) is 0. The smallest absolute Gasteiger partial charge is 0.331 e. The molecule has 1 aromatic carbocycles. The van der Waals surface area contributed by atoms with E-state index in [-0.39, 0.29) is 18.4 Å². The van der Waals surface area contributed by atoms with E-state index in [9.17, 15) is 14.4 Å². The quantitative estimate of drug-likeness (QED) is 0.726. The van der Waals surface area contributed by atoms with Gasteiger partial charge in [0.25, 0.3) is 0 Å². The minimum Gasteiger partial charge on any atom is -0.381 e. The molecule has 0 radical (unpaired) electrons. The summed E-state index contributed by atoms with van der Waals surface area (Å²) in [4.78, 5) is 39.0. The lowest BCUT2D eigenvalue weighted by Crippen LogP contribution is -2.61. The molecule has 3 aliphatic rings. The van der Waals surface area contributed by atoms with Crippen LogP contribution in [0.2, 0.25) is 0 Å². The van der Waals surface area contributed by atoms with Gasteiger partial charge in [-0.1, -0.05) is 24.3 Å².